The average molecular weight is 322 g/mol. The lowest BCUT2D eigenvalue weighted by Gasteiger charge is -2.16. The third-order valence-corrected chi connectivity index (χ3v) is 3.47. The maximum atomic E-state index is 13.6. The van der Waals surface area contributed by atoms with E-state index in [0.29, 0.717) is 5.95 Å². The van der Waals surface area contributed by atoms with E-state index in [1.807, 2.05) is 37.4 Å². The van der Waals surface area contributed by atoms with E-state index >= 15 is 0 Å². The van der Waals surface area contributed by atoms with Crippen LogP contribution in [0.1, 0.15) is 10.4 Å². The van der Waals surface area contributed by atoms with Crippen molar-refractivity contribution in [1.82, 2.24) is 9.97 Å². The molecule has 0 fully saturated rings. The number of hydrogen-bond acceptors (Lipinski definition) is 4. The molecule has 5 nitrogen and oxygen atoms in total. The molecular weight excluding hydrogens is 307 g/mol. The molecule has 1 heterocycles. The summed E-state index contributed by atoms with van der Waals surface area (Å²) < 4.78 is 13.6. The zero-order valence-electron chi connectivity index (χ0n) is 13.0. The molecule has 0 saturated heterocycles. The Kier molecular flexibility index (Phi) is 4.47. The molecule has 120 valence electrons. The van der Waals surface area contributed by atoms with E-state index in [-0.39, 0.29) is 11.3 Å². The first-order valence-electron chi connectivity index (χ1n) is 7.32. The molecular formula is C18H15FN4O. The molecule has 3 aromatic rings. The van der Waals surface area contributed by atoms with Gasteiger partial charge in [-0.05, 0) is 24.3 Å². The molecule has 1 N–H and O–H groups in total. The minimum absolute atomic E-state index is 0.119. The second-order valence-electron chi connectivity index (χ2n) is 5.10. The van der Waals surface area contributed by atoms with Crippen LogP contribution in [-0.4, -0.2) is 22.9 Å². The Balaban J connectivity index is 1.75. The van der Waals surface area contributed by atoms with E-state index in [9.17, 15) is 9.18 Å². The quantitative estimate of drug-likeness (QED) is 0.797. The predicted molar refractivity (Wildman–Crippen MR) is 90.9 cm³/mol. The summed E-state index contributed by atoms with van der Waals surface area (Å²) in [5.74, 6) is -0.496. The molecule has 0 aliphatic heterocycles. The molecule has 1 aromatic heterocycles. The van der Waals surface area contributed by atoms with Gasteiger partial charge in [-0.1, -0.05) is 30.3 Å². The van der Waals surface area contributed by atoms with E-state index in [0.717, 1.165) is 5.69 Å². The van der Waals surface area contributed by atoms with Crippen LogP contribution in [0.15, 0.2) is 67.0 Å². The number of carbonyl (C=O) groups excluding carboxylic acids is 1. The van der Waals surface area contributed by atoms with Gasteiger partial charge in [0.25, 0.3) is 5.91 Å². The van der Waals surface area contributed by atoms with Gasteiger partial charge in [0.1, 0.15) is 5.82 Å². The summed E-state index contributed by atoms with van der Waals surface area (Å²) in [6.07, 6.45) is 2.83. The fourth-order valence-electron chi connectivity index (χ4n) is 2.14. The van der Waals surface area contributed by atoms with Crippen LogP contribution in [-0.2, 0) is 0 Å². The number of rotatable bonds is 4. The minimum Gasteiger partial charge on any atom is -0.319 e. The Morgan fingerprint density at radius 2 is 1.62 bits per heavy atom. The van der Waals surface area contributed by atoms with E-state index in [1.165, 1.54) is 24.5 Å². The Morgan fingerprint density at radius 1 is 1.00 bits per heavy atom. The molecule has 0 spiro atoms. The van der Waals surface area contributed by atoms with Crippen molar-refractivity contribution < 1.29 is 9.18 Å². The second-order valence-corrected chi connectivity index (χ2v) is 5.10. The Morgan fingerprint density at radius 3 is 2.29 bits per heavy atom. The van der Waals surface area contributed by atoms with E-state index in [1.54, 1.807) is 17.0 Å². The van der Waals surface area contributed by atoms with Gasteiger partial charge >= 0.3 is 0 Å². The van der Waals surface area contributed by atoms with Crippen molar-refractivity contribution in [2.24, 2.45) is 0 Å². The van der Waals surface area contributed by atoms with Gasteiger partial charge in [-0.3, -0.25) is 4.79 Å². The van der Waals surface area contributed by atoms with Crippen molar-refractivity contribution in [3.63, 3.8) is 0 Å². The largest absolute Gasteiger partial charge is 0.319 e. The van der Waals surface area contributed by atoms with Crippen molar-refractivity contribution >= 4 is 23.2 Å². The van der Waals surface area contributed by atoms with Gasteiger partial charge in [-0.25, -0.2) is 14.4 Å². The summed E-state index contributed by atoms with van der Waals surface area (Å²) in [4.78, 5) is 22.4. The van der Waals surface area contributed by atoms with Crippen LogP contribution in [0.5, 0.6) is 0 Å². The molecule has 0 bridgehead atoms. The van der Waals surface area contributed by atoms with Crippen LogP contribution in [0, 0.1) is 5.82 Å². The van der Waals surface area contributed by atoms with Crippen molar-refractivity contribution in [3.05, 3.63) is 78.4 Å². The van der Waals surface area contributed by atoms with E-state index in [4.69, 9.17) is 0 Å². The number of carbonyl (C=O) groups is 1. The molecule has 0 unspecified atom stereocenters. The Bertz CT molecular complexity index is 837. The molecule has 2 aromatic carbocycles. The number of anilines is 3. The Hall–Kier alpha value is -3.28. The molecule has 0 aliphatic carbocycles. The highest BCUT2D eigenvalue weighted by atomic mass is 19.1. The summed E-state index contributed by atoms with van der Waals surface area (Å²) in [6.45, 7) is 0. The van der Waals surface area contributed by atoms with Crippen LogP contribution < -0.4 is 10.2 Å². The molecule has 24 heavy (non-hydrogen) atoms. The minimum atomic E-state index is -0.493. The Labute approximate surface area is 138 Å². The summed E-state index contributed by atoms with van der Waals surface area (Å²) in [5, 5.41) is 2.50. The summed E-state index contributed by atoms with van der Waals surface area (Å²) in [5.41, 5.74) is 1.30. The number of halogens is 1. The van der Waals surface area contributed by atoms with E-state index in [2.05, 4.69) is 15.3 Å². The molecule has 6 heteroatoms. The molecule has 0 aliphatic rings. The number of nitrogens with one attached hydrogen (secondary N) is 1. The van der Waals surface area contributed by atoms with Crippen molar-refractivity contribution in [2.75, 3.05) is 17.3 Å². The van der Waals surface area contributed by atoms with Crippen LogP contribution in [0.2, 0.25) is 0 Å². The highest BCUT2D eigenvalue weighted by molar-refractivity contribution is 6.03. The number of para-hydroxylation sites is 2. The highest BCUT2D eigenvalue weighted by Crippen LogP contribution is 2.19. The molecule has 3 rings (SSSR count). The van der Waals surface area contributed by atoms with Crippen molar-refractivity contribution in [3.8, 4) is 0 Å². The number of amides is 1. The van der Waals surface area contributed by atoms with Gasteiger partial charge in [0.15, 0.2) is 0 Å². The monoisotopic (exact) mass is 322 g/mol. The van der Waals surface area contributed by atoms with Gasteiger partial charge in [-0.15, -0.1) is 0 Å². The highest BCUT2D eigenvalue weighted by Gasteiger charge is 2.12. The van der Waals surface area contributed by atoms with Crippen LogP contribution in [0.25, 0.3) is 0 Å². The molecule has 0 atom stereocenters. The van der Waals surface area contributed by atoms with Gasteiger partial charge in [0, 0.05) is 25.1 Å². The molecule has 0 saturated carbocycles. The zero-order chi connectivity index (χ0) is 16.9. The normalized spacial score (nSPS) is 10.2. The van der Waals surface area contributed by atoms with Crippen molar-refractivity contribution in [2.45, 2.75) is 0 Å². The number of benzene rings is 2. The topological polar surface area (TPSA) is 58.1 Å². The van der Waals surface area contributed by atoms with E-state index < -0.39 is 11.7 Å². The standard InChI is InChI=1S/C18H15FN4O/c1-23(14-7-3-2-4-8-14)18-20-11-13(12-21-18)17(24)22-16-10-6-5-9-15(16)19/h2-12H,1H3,(H,22,24). The lowest BCUT2D eigenvalue weighted by molar-refractivity contribution is 0.102. The smallest absolute Gasteiger partial charge is 0.258 e. The van der Waals surface area contributed by atoms with Crippen LogP contribution >= 0.6 is 0 Å². The van der Waals surface area contributed by atoms with Gasteiger partial charge < -0.3 is 10.2 Å². The molecule has 0 radical (unpaired) electrons. The summed E-state index contributed by atoms with van der Waals surface area (Å²) in [6, 6.07) is 15.6. The number of aromatic nitrogens is 2. The maximum Gasteiger partial charge on any atom is 0.258 e. The maximum absolute atomic E-state index is 13.6. The van der Waals surface area contributed by atoms with Gasteiger partial charge in [0.2, 0.25) is 5.95 Å². The number of nitrogens with zero attached hydrogens (tertiary/aromatic N) is 3. The molecule has 1 amide bonds. The average Bonchev–Trinajstić information content (AvgIpc) is 2.64. The lowest BCUT2D eigenvalue weighted by atomic mass is 10.2. The van der Waals surface area contributed by atoms with Crippen molar-refractivity contribution in [1.29, 1.82) is 0 Å². The van der Waals surface area contributed by atoms with Gasteiger partial charge in [-0.2, -0.15) is 0 Å². The zero-order valence-corrected chi connectivity index (χ0v) is 13.0. The first-order chi connectivity index (χ1) is 11.6. The second kappa shape index (κ2) is 6.87. The third-order valence-electron chi connectivity index (χ3n) is 3.47. The summed E-state index contributed by atoms with van der Waals surface area (Å²) >= 11 is 0. The fourth-order valence-corrected chi connectivity index (χ4v) is 2.14. The SMILES string of the molecule is CN(c1ccccc1)c1ncc(C(=O)Nc2ccccc2F)cn1. The van der Waals surface area contributed by atoms with Gasteiger partial charge in [0.05, 0.1) is 11.3 Å². The van der Waals surface area contributed by atoms with Crippen LogP contribution in [0.4, 0.5) is 21.7 Å². The fraction of sp³-hybridized carbons (Fsp3) is 0.0556. The first kappa shape index (κ1) is 15.6. The predicted octanol–water partition coefficient (Wildman–Crippen LogP) is 3.64. The lowest BCUT2D eigenvalue weighted by Crippen LogP contribution is -2.16. The van der Waals surface area contributed by atoms with Crippen LogP contribution in [0.3, 0.4) is 0 Å². The summed E-state index contributed by atoms with van der Waals surface area (Å²) in [7, 11) is 1.84. The first-order valence-corrected chi connectivity index (χ1v) is 7.32. The third kappa shape index (κ3) is 3.38. The number of hydrogen-bond donors (Lipinski definition) is 1.